The molecule has 1 aliphatic carbocycles. The highest BCUT2D eigenvalue weighted by atomic mass is 16.5. The molecule has 0 atom stereocenters. The van der Waals surface area contributed by atoms with Crippen LogP contribution in [0.3, 0.4) is 0 Å². The number of ether oxygens (including phenoxy) is 1. The van der Waals surface area contributed by atoms with Crippen molar-refractivity contribution in [3.05, 3.63) is 95.6 Å². The molecular weight excluding hydrogens is 312 g/mol. The van der Waals surface area contributed by atoms with Crippen LogP contribution < -0.4 is 0 Å². The van der Waals surface area contributed by atoms with E-state index < -0.39 is 5.97 Å². The maximum atomic E-state index is 12.5. The Labute approximate surface area is 144 Å². The van der Waals surface area contributed by atoms with Crippen LogP contribution in [0.4, 0.5) is 0 Å². The average Bonchev–Trinajstić information content (AvgIpc) is 2.65. The Hall–Kier alpha value is -3.46. The first kappa shape index (κ1) is 15.1. The van der Waals surface area contributed by atoms with E-state index >= 15 is 0 Å². The van der Waals surface area contributed by atoms with Crippen LogP contribution in [0.1, 0.15) is 31.8 Å². The molecule has 0 aromatic heterocycles. The number of ketones is 1. The van der Waals surface area contributed by atoms with Crippen LogP contribution in [-0.4, -0.2) is 11.8 Å². The zero-order valence-electron chi connectivity index (χ0n) is 13.4. The van der Waals surface area contributed by atoms with Gasteiger partial charge in [-0.1, -0.05) is 61.2 Å². The first-order valence-corrected chi connectivity index (χ1v) is 7.90. The van der Waals surface area contributed by atoms with Crippen molar-refractivity contribution < 1.29 is 14.3 Å². The molecule has 0 bridgehead atoms. The molecule has 0 amide bonds. The molecule has 0 N–H and O–H groups in total. The van der Waals surface area contributed by atoms with E-state index in [1.807, 2.05) is 30.3 Å². The Kier molecular flexibility index (Phi) is 3.55. The predicted octanol–water partition coefficient (Wildman–Crippen LogP) is 4.88. The number of hydrogen-bond donors (Lipinski definition) is 0. The minimum Gasteiger partial charge on any atom is -0.422 e. The molecule has 3 aromatic carbocycles. The summed E-state index contributed by atoms with van der Waals surface area (Å²) in [6, 6.07) is 18.2. The van der Waals surface area contributed by atoms with E-state index in [2.05, 4.69) is 6.58 Å². The molecule has 0 unspecified atom stereocenters. The Balaban J connectivity index is 1.73. The molecule has 3 heteroatoms. The molecule has 0 radical (unpaired) electrons. The van der Waals surface area contributed by atoms with Crippen LogP contribution in [0.25, 0.3) is 22.6 Å². The third-order valence-corrected chi connectivity index (χ3v) is 4.28. The fourth-order valence-electron chi connectivity index (χ4n) is 3.02. The molecule has 0 spiro atoms. The first-order valence-electron chi connectivity index (χ1n) is 7.90. The van der Waals surface area contributed by atoms with E-state index in [4.69, 9.17) is 4.74 Å². The van der Waals surface area contributed by atoms with Gasteiger partial charge in [0.05, 0.1) is 5.56 Å². The maximum Gasteiger partial charge on any atom is 0.343 e. The van der Waals surface area contributed by atoms with E-state index in [0.717, 1.165) is 21.9 Å². The van der Waals surface area contributed by atoms with Crippen molar-refractivity contribution in [3.63, 3.8) is 0 Å². The van der Waals surface area contributed by atoms with Crippen LogP contribution in [0.5, 0.6) is 0 Å². The summed E-state index contributed by atoms with van der Waals surface area (Å²) in [5.41, 5.74) is 2.72. The van der Waals surface area contributed by atoms with Crippen molar-refractivity contribution in [3.8, 4) is 0 Å². The van der Waals surface area contributed by atoms with Gasteiger partial charge < -0.3 is 4.74 Å². The average molecular weight is 326 g/mol. The van der Waals surface area contributed by atoms with E-state index in [1.165, 1.54) is 6.08 Å². The molecule has 4 rings (SSSR count). The topological polar surface area (TPSA) is 43.4 Å². The van der Waals surface area contributed by atoms with Crippen molar-refractivity contribution >= 4 is 34.4 Å². The zero-order valence-corrected chi connectivity index (χ0v) is 13.4. The normalized spacial score (nSPS) is 12.6. The van der Waals surface area contributed by atoms with Gasteiger partial charge in [-0.25, -0.2) is 4.79 Å². The second kappa shape index (κ2) is 5.87. The second-order valence-corrected chi connectivity index (χ2v) is 5.80. The van der Waals surface area contributed by atoms with Crippen LogP contribution in [0.2, 0.25) is 0 Å². The van der Waals surface area contributed by atoms with Crippen LogP contribution >= 0.6 is 0 Å². The zero-order chi connectivity index (χ0) is 17.4. The predicted molar refractivity (Wildman–Crippen MR) is 98.2 cm³/mol. The molecule has 3 aromatic rings. The summed E-state index contributed by atoms with van der Waals surface area (Å²) in [7, 11) is 0. The van der Waals surface area contributed by atoms with Crippen molar-refractivity contribution in [2.75, 3.05) is 0 Å². The van der Waals surface area contributed by atoms with Gasteiger partial charge in [0.25, 0.3) is 0 Å². The van der Waals surface area contributed by atoms with Crippen LogP contribution in [-0.2, 0) is 4.74 Å². The molecular formula is C22H14O3. The summed E-state index contributed by atoms with van der Waals surface area (Å²) >= 11 is 0. The number of rotatable bonds is 3. The summed E-state index contributed by atoms with van der Waals surface area (Å²) in [4.78, 5) is 24.9. The summed E-state index contributed by atoms with van der Waals surface area (Å²) in [6.07, 6.45) is 3.09. The number of allylic oxidation sites excluding steroid dienone is 1. The third kappa shape index (κ3) is 2.56. The van der Waals surface area contributed by atoms with Crippen molar-refractivity contribution in [1.29, 1.82) is 0 Å². The van der Waals surface area contributed by atoms with Gasteiger partial charge in [-0.15, -0.1) is 0 Å². The van der Waals surface area contributed by atoms with Gasteiger partial charge in [0.15, 0.2) is 5.78 Å². The quantitative estimate of drug-likeness (QED) is 0.644. The lowest BCUT2D eigenvalue weighted by Crippen LogP contribution is -2.11. The molecule has 0 heterocycles. The monoisotopic (exact) mass is 326 g/mol. The highest BCUT2D eigenvalue weighted by molar-refractivity contribution is 6.21. The Morgan fingerprint density at radius 1 is 0.920 bits per heavy atom. The maximum absolute atomic E-state index is 12.5. The lowest BCUT2D eigenvalue weighted by atomic mass is 9.91. The number of carbonyl (C=O) groups is 2. The number of benzene rings is 3. The number of esters is 1. The van der Waals surface area contributed by atoms with Crippen LogP contribution in [0.15, 0.2) is 73.3 Å². The Morgan fingerprint density at radius 3 is 2.28 bits per heavy atom. The summed E-state index contributed by atoms with van der Waals surface area (Å²) < 4.78 is 5.54. The fraction of sp³-hybridized carbons (Fsp3) is 0. The van der Waals surface area contributed by atoms with Gasteiger partial charge in [0.1, 0.15) is 5.76 Å². The van der Waals surface area contributed by atoms with Crippen LogP contribution in [0, 0.1) is 0 Å². The SMILES string of the molecule is C=Cc1ccc(C(=O)OC2=CC(=O)c3cccc4cccc2c34)cc1. The largest absolute Gasteiger partial charge is 0.422 e. The molecule has 3 nitrogen and oxygen atoms in total. The Bertz CT molecular complexity index is 1050. The summed E-state index contributed by atoms with van der Waals surface area (Å²) in [5, 5.41) is 1.77. The minimum atomic E-state index is -0.494. The highest BCUT2D eigenvalue weighted by Gasteiger charge is 2.23. The van der Waals surface area contributed by atoms with Crippen molar-refractivity contribution in [2.24, 2.45) is 0 Å². The van der Waals surface area contributed by atoms with Gasteiger partial charge in [-0.3, -0.25) is 4.79 Å². The van der Waals surface area contributed by atoms with Gasteiger partial charge >= 0.3 is 5.97 Å². The van der Waals surface area contributed by atoms with Gasteiger partial charge in [0.2, 0.25) is 0 Å². The Morgan fingerprint density at radius 2 is 1.60 bits per heavy atom. The van der Waals surface area contributed by atoms with E-state index in [0.29, 0.717) is 11.1 Å². The lowest BCUT2D eigenvalue weighted by Gasteiger charge is -2.17. The van der Waals surface area contributed by atoms with Gasteiger partial charge in [0, 0.05) is 22.6 Å². The van der Waals surface area contributed by atoms with Crippen molar-refractivity contribution in [1.82, 2.24) is 0 Å². The van der Waals surface area contributed by atoms with Gasteiger partial charge in [-0.2, -0.15) is 0 Å². The molecule has 1 aliphatic rings. The van der Waals surface area contributed by atoms with Gasteiger partial charge in [-0.05, 0) is 23.1 Å². The molecule has 0 saturated heterocycles. The summed E-state index contributed by atoms with van der Waals surface area (Å²) in [5.74, 6) is -0.368. The first-order chi connectivity index (χ1) is 12.2. The smallest absolute Gasteiger partial charge is 0.343 e. The van der Waals surface area contributed by atoms with E-state index in [-0.39, 0.29) is 11.5 Å². The lowest BCUT2D eigenvalue weighted by molar-refractivity contribution is 0.0691. The third-order valence-electron chi connectivity index (χ3n) is 4.28. The minimum absolute atomic E-state index is 0.158. The molecule has 0 fully saturated rings. The van der Waals surface area contributed by atoms with Crippen molar-refractivity contribution in [2.45, 2.75) is 0 Å². The number of carbonyl (C=O) groups excluding carboxylic acids is 2. The highest BCUT2D eigenvalue weighted by Crippen LogP contribution is 2.33. The van der Waals surface area contributed by atoms with E-state index in [9.17, 15) is 9.59 Å². The molecule has 0 saturated carbocycles. The molecule has 120 valence electrons. The molecule has 0 aliphatic heterocycles. The second-order valence-electron chi connectivity index (χ2n) is 5.80. The number of hydrogen-bond acceptors (Lipinski definition) is 3. The standard InChI is InChI=1S/C22H14O3/c1-2-14-9-11-16(12-10-14)22(24)25-20-13-19(23)17-7-3-5-15-6-4-8-18(20)21(15)17/h2-13H,1H2. The van der Waals surface area contributed by atoms with E-state index in [1.54, 1.807) is 36.4 Å². The molecule has 25 heavy (non-hydrogen) atoms. The summed E-state index contributed by atoms with van der Waals surface area (Å²) in [6.45, 7) is 3.69. The fourth-order valence-corrected chi connectivity index (χ4v) is 3.02.